The minimum absolute atomic E-state index is 0.151. The van der Waals surface area contributed by atoms with Gasteiger partial charge in [0.2, 0.25) is 5.91 Å². The van der Waals surface area contributed by atoms with Gasteiger partial charge in [-0.3, -0.25) is 9.59 Å². The van der Waals surface area contributed by atoms with Crippen molar-refractivity contribution in [1.82, 2.24) is 0 Å². The molecule has 0 heterocycles. The Labute approximate surface area is 135 Å². The van der Waals surface area contributed by atoms with E-state index in [9.17, 15) is 9.59 Å². The molecule has 0 saturated heterocycles. The van der Waals surface area contributed by atoms with E-state index in [1.807, 2.05) is 48.5 Å². The highest BCUT2D eigenvalue weighted by molar-refractivity contribution is 8.01. The summed E-state index contributed by atoms with van der Waals surface area (Å²) in [6.45, 7) is 3.14. The van der Waals surface area contributed by atoms with E-state index in [2.05, 4.69) is 5.32 Å². The second kappa shape index (κ2) is 7.27. The van der Waals surface area contributed by atoms with Gasteiger partial charge >= 0.3 is 0 Å². The van der Waals surface area contributed by atoms with Crippen LogP contribution in [0.4, 0.5) is 5.69 Å². The molecule has 22 heavy (non-hydrogen) atoms. The average molecular weight is 313 g/mol. The molecule has 0 fully saturated rings. The van der Waals surface area contributed by atoms with Crippen molar-refractivity contribution >= 4 is 29.1 Å². The second-order valence-electron chi connectivity index (χ2n) is 5.18. The van der Waals surface area contributed by atoms with E-state index >= 15 is 0 Å². The summed E-state index contributed by atoms with van der Waals surface area (Å²) in [6, 6.07) is 19.0. The van der Waals surface area contributed by atoms with Gasteiger partial charge in [-0.15, -0.1) is 11.8 Å². The lowest BCUT2D eigenvalue weighted by Crippen LogP contribution is -2.43. The minimum atomic E-state index is -1.11. The van der Waals surface area contributed by atoms with Gasteiger partial charge in [-0.25, -0.2) is 0 Å². The molecule has 114 valence electrons. The summed E-state index contributed by atoms with van der Waals surface area (Å²) < 4.78 is -1.11. The number of hydrogen-bond acceptors (Lipinski definition) is 3. The van der Waals surface area contributed by atoms with Crippen molar-refractivity contribution in [2.45, 2.75) is 24.3 Å². The van der Waals surface area contributed by atoms with Crippen molar-refractivity contribution < 1.29 is 9.59 Å². The second-order valence-corrected chi connectivity index (χ2v) is 6.58. The van der Waals surface area contributed by atoms with Crippen molar-refractivity contribution in [2.24, 2.45) is 0 Å². The number of anilines is 1. The fourth-order valence-corrected chi connectivity index (χ4v) is 2.93. The Bertz CT molecular complexity index is 643. The molecule has 0 aromatic heterocycles. The molecular formula is C18H19NO2S. The van der Waals surface area contributed by atoms with Crippen molar-refractivity contribution in [1.29, 1.82) is 0 Å². The number of benzene rings is 2. The number of nitrogens with one attached hydrogen (secondary N) is 1. The zero-order valence-electron chi connectivity index (χ0n) is 12.7. The number of hydrogen-bond donors (Lipinski definition) is 1. The molecule has 2 aromatic rings. The highest BCUT2D eigenvalue weighted by Gasteiger charge is 2.38. The molecule has 0 radical (unpaired) electrons. The molecule has 0 spiro atoms. The zero-order valence-corrected chi connectivity index (χ0v) is 13.5. The van der Waals surface area contributed by atoms with Gasteiger partial charge in [0.05, 0.1) is 0 Å². The largest absolute Gasteiger partial charge is 0.324 e. The molecule has 4 heteroatoms. The molecule has 3 nitrogen and oxygen atoms in total. The molecule has 0 bridgehead atoms. The molecule has 1 N–H and O–H groups in total. The van der Waals surface area contributed by atoms with Crippen molar-refractivity contribution in [3.05, 3.63) is 66.2 Å². The van der Waals surface area contributed by atoms with Gasteiger partial charge in [0.25, 0.3) is 0 Å². The molecule has 0 aliphatic heterocycles. The maximum Gasteiger partial charge on any atom is 0.247 e. The third kappa shape index (κ3) is 3.98. The van der Waals surface area contributed by atoms with Crippen molar-refractivity contribution in [2.75, 3.05) is 5.32 Å². The number of Topliss-reactive ketones (excluding diaryl/α,β-unsaturated/α-hetero) is 1. The maximum atomic E-state index is 12.5. The van der Waals surface area contributed by atoms with Crippen LogP contribution in [-0.2, 0) is 15.3 Å². The number of para-hydroxylation sites is 1. The van der Waals surface area contributed by atoms with Gasteiger partial charge in [0.15, 0.2) is 10.5 Å². The molecule has 1 amide bonds. The quantitative estimate of drug-likeness (QED) is 0.823. The van der Waals surface area contributed by atoms with E-state index in [0.29, 0.717) is 11.4 Å². The lowest BCUT2D eigenvalue weighted by molar-refractivity contribution is -0.127. The van der Waals surface area contributed by atoms with Crippen molar-refractivity contribution in [3.8, 4) is 0 Å². The molecule has 0 aliphatic carbocycles. The third-order valence-corrected chi connectivity index (χ3v) is 5.03. The lowest BCUT2D eigenvalue weighted by Gasteiger charge is -2.25. The predicted molar refractivity (Wildman–Crippen MR) is 91.9 cm³/mol. The number of ketones is 1. The summed E-state index contributed by atoms with van der Waals surface area (Å²) in [7, 11) is 0. The Morgan fingerprint density at radius 1 is 1.00 bits per heavy atom. The summed E-state index contributed by atoms with van der Waals surface area (Å²) in [5.41, 5.74) is 1.78. The highest BCUT2D eigenvalue weighted by atomic mass is 32.2. The SMILES string of the molecule is CC(=O)C(C)(SCc1ccccc1)C(=O)Nc1ccccc1. The van der Waals surface area contributed by atoms with E-state index in [0.717, 1.165) is 5.56 Å². The van der Waals surface area contributed by atoms with Gasteiger partial charge in [0, 0.05) is 11.4 Å². The molecule has 0 saturated carbocycles. The maximum absolute atomic E-state index is 12.5. The number of rotatable bonds is 6. The van der Waals surface area contributed by atoms with Crippen LogP contribution in [0.15, 0.2) is 60.7 Å². The van der Waals surface area contributed by atoms with Crippen LogP contribution in [-0.4, -0.2) is 16.4 Å². The topological polar surface area (TPSA) is 46.2 Å². The lowest BCUT2D eigenvalue weighted by atomic mass is 10.1. The van der Waals surface area contributed by atoms with E-state index in [1.165, 1.54) is 18.7 Å². The number of carbonyl (C=O) groups excluding carboxylic acids is 2. The first-order chi connectivity index (χ1) is 10.5. The smallest absolute Gasteiger partial charge is 0.247 e. The fraction of sp³-hybridized carbons (Fsp3) is 0.222. The van der Waals surface area contributed by atoms with Crippen LogP contribution < -0.4 is 5.32 Å². The third-order valence-electron chi connectivity index (χ3n) is 3.51. The van der Waals surface area contributed by atoms with E-state index < -0.39 is 4.75 Å². The van der Waals surface area contributed by atoms with Gasteiger partial charge in [-0.1, -0.05) is 48.5 Å². The van der Waals surface area contributed by atoms with Crippen LogP contribution in [0, 0.1) is 0 Å². The molecule has 1 atom stereocenters. The van der Waals surface area contributed by atoms with Crippen molar-refractivity contribution in [3.63, 3.8) is 0 Å². The van der Waals surface area contributed by atoms with E-state index in [4.69, 9.17) is 0 Å². The first-order valence-corrected chi connectivity index (χ1v) is 8.06. The van der Waals surface area contributed by atoms with Crippen LogP contribution in [0.25, 0.3) is 0 Å². The van der Waals surface area contributed by atoms with Crippen LogP contribution in [0.2, 0.25) is 0 Å². The number of thioether (sulfide) groups is 1. The number of amides is 1. The van der Waals surface area contributed by atoms with Gasteiger partial charge in [-0.05, 0) is 31.5 Å². The minimum Gasteiger partial charge on any atom is -0.324 e. The zero-order chi connectivity index (χ0) is 16.0. The Kier molecular flexibility index (Phi) is 5.39. The normalized spacial score (nSPS) is 13.2. The first kappa shape index (κ1) is 16.3. The van der Waals surface area contributed by atoms with Crippen LogP contribution in [0.5, 0.6) is 0 Å². The monoisotopic (exact) mass is 313 g/mol. The molecule has 2 aromatic carbocycles. The van der Waals surface area contributed by atoms with Crippen LogP contribution >= 0.6 is 11.8 Å². The standard InChI is InChI=1S/C18H19NO2S/c1-14(20)18(2,22-13-15-9-5-3-6-10-15)17(21)19-16-11-7-4-8-12-16/h3-12H,13H2,1-2H3,(H,19,21). The first-order valence-electron chi connectivity index (χ1n) is 7.08. The summed E-state index contributed by atoms with van der Waals surface area (Å²) in [5.74, 6) is 0.174. The molecular weight excluding hydrogens is 294 g/mol. The Morgan fingerprint density at radius 3 is 2.09 bits per heavy atom. The van der Waals surface area contributed by atoms with E-state index in [-0.39, 0.29) is 11.7 Å². The van der Waals surface area contributed by atoms with Crippen LogP contribution in [0.3, 0.4) is 0 Å². The Hall–Kier alpha value is -2.07. The van der Waals surface area contributed by atoms with Gasteiger partial charge < -0.3 is 5.32 Å². The average Bonchev–Trinajstić information content (AvgIpc) is 2.54. The highest BCUT2D eigenvalue weighted by Crippen LogP contribution is 2.31. The molecule has 2 rings (SSSR count). The summed E-state index contributed by atoms with van der Waals surface area (Å²) >= 11 is 1.35. The summed E-state index contributed by atoms with van der Waals surface area (Å²) in [4.78, 5) is 24.6. The predicted octanol–water partition coefficient (Wildman–Crippen LogP) is 3.91. The Balaban J connectivity index is 2.10. The fourth-order valence-electron chi connectivity index (χ4n) is 1.90. The number of carbonyl (C=O) groups is 2. The van der Waals surface area contributed by atoms with Gasteiger partial charge in [0.1, 0.15) is 0 Å². The Morgan fingerprint density at radius 2 is 1.55 bits per heavy atom. The molecule has 0 aliphatic rings. The van der Waals surface area contributed by atoms with E-state index in [1.54, 1.807) is 19.1 Å². The molecule has 1 unspecified atom stereocenters. The van der Waals surface area contributed by atoms with Crippen LogP contribution in [0.1, 0.15) is 19.4 Å². The summed E-state index contributed by atoms with van der Waals surface area (Å²) in [6.07, 6.45) is 0. The summed E-state index contributed by atoms with van der Waals surface area (Å²) in [5, 5.41) is 2.82. The van der Waals surface area contributed by atoms with Gasteiger partial charge in [-0.2, -0.15) is 0 Å².